The van der Waals surface area contributed by atoms with E-state index >= 15 is 0 Å². The van der Waals surface area contributed by atoms with E-state index in [1.807, 2.05) is 0 Å². The highest BCUT2D eigenvalue weighted by Gasteiger charge is 2.51. The number of carbonyl (C=O) groups is 1. The van der Waals surface area contributed by atoms with E-state index in [1.165, 1.54) is 6.92 Å². The molecular weight excluding hydrogens is 185 g/mol. The minimum Gasteiger partial charge on any atom is -0.477 e. The first kappa shape index (κ1) is 12.3. The molecule has 0 amide bonds. The van der Waals surface area contributed by atoms with Crippen LogP contribution in [0.25, 0.3) is 0 Å². The van der Waals surface area contributed by atoms with Gasteiger partial charge in [-0.1, -0.05) is 20.8 Å². The minimum atomic E-state index is -4.29. The van der Waals surface area contributed by atoms with Crippen LogP contribution < -0.4 is 0 Å². The molecule has 78 valence electrons. The number of carboxylic acids is 1. The van der Waals surface area contributed by atoms with Crippen molar-refractivity contribution in [2.24, 2.45) is 11.8 Å². The molecule has 0 saturated carbocycles. The van der Waals surface area contributed by atoms with Gasteiger partial charge in [0.05, 0.1) is 0 Å². The lowest BCUT2D eigenvalue weighted by molar-refractivity contribution is -0.179. The molecule has 0 radical (unpaired) electrons. The fraction of sp³-hybridized carbons (Fsp3) is 0.875. The highest BCUT2D eigenvalue weighted by atomic mass is 19.3. The molecule has 0 fully saturated rings. The fourth-order valence-electron chi connectivity index (χ4n) is 0.786. The smallest absolute Gasteiger partial charge is 0.377 e. The Labute approximate surface area is 74.7 Å². The van der Waals surface area contributed by atoms with E-state index in [1.54, 1.807) is 13.8 Å². The summed E-state index contributed by atoms with van der Waals surface area (Å²) in [4.78, 5) is 10.00. The van der Waals surface area contributed by atoms with Gasteiger partial charge in [0.2, 0.25) is 0 Å². The Bertz CT molecular complexity index is 192. The van der Waals surface area contributed by atoms with Crippen molar-refractivity contribution in [3.05, 3.63) is 0 Å². The van der Waals surface area contributed by atoms with E-state index in [0.29, 0.717) is 0 Å². The van der Waals surface area contributed by atoms with Crippen LogP contribution in [0.2, 0.25) is 0 Å². The van der Waals surface area contributed by atoms with Crippen molar-refractivity contribution < 1.29 is 23.1 Å². The summed E-state index contributed by atoms with van der Waals surface area (Å²) in [6.07, 6.45) is -2.63. The van der Waals surface area contributed by atoms with Crippen molar-refractivity contribution >= 4 is 5.97 Å². The molecule has 0 aromatic heterocycles. The van der Waals surface area contributed by atoms with Crippen molar-refractivity contribution in [1.29, 1.82) is 0 Å². The van der Waals surface area contributed by atoms with Gasteiger partial charge in [-0.05, 0) is 11.8 Å². The Morgan fingerprint density at radius 3 is 1.92 bits per heavy atom. The molecule has 2 atom stereocenters. The molecule has 1 N–H and O–H groups in total. The summed E-state index contributed by atoms with van der Waals surface area (Å²) in [6.45, 7) is 4.40. The van der Waals surface area contributed by atoms with E-state index in [9.17, 15) is 18.0 Å². The van der Waals surface area contributed by atoms with Crippen LogP contribution in [0.3, 0.4) is 0 Å². The zero-order valence-corrected chi connectivity index (χ0v) is 7.72. The highest BCUT2D eigenvalue weighted by Crippen LogP contribution is 2.31. The second kappa shape index (κ2) is 3.98. The third-order valence-corrected chi connectivity index (χ3v) is 2.14. The second-order valence-electron chi connectivity index (χ2n) is 3.43. The Hall–Kier alpha value is -0.740. The van der Waals surface area contributed by atoms with Crippen LogP contribution in [-0.2, 0) is 4.79 Å². The summed E-state index contributed by atoms with van der Waals surface area (Å²) in [5.74, 6) is -8.00. The van der Waals surface area contributed by atoms with Gasteiger partial charge in [0.25, 0.3) is 0 Å². The molecule has 13 heavy (non-hydrogen) atoms. The zero-order valence-electron chi connectivity index (χ0n) is 7.72. The quantitative estimate of drug-likeness (QED) is 0.752. The lowest BCUT2D eigenvalue weighted by Gasteiger charge is -2.24. The van der Waals surface area contributed by atoms with Crippen LogP contribution in [0.15, 0.2) is 0 Å². The van der Waals surface area contributed by atoms with Crippen molar-refractivity contribution in [3.8, 4) is 0 Å². The molecule has 2 unspecified atom stereocenters. The van der Waals surface area contributed by atoms with E-state index in [-0.39, 0.29) is 5.92 Å². The molecule has 0 aliphatic carbocycles. The molecule has 0 aromatic carbocycles. The van der Waals surface area contributed by atoms with Gasteiger partial charge in [-0.2, -0.15) is 8.78 Å². The summed E-state index contributed by atoms with van der Waals surface area (Å²) in [5, 5.41) is 8.05. The summed E-state index contributed by atoms with van der Waals surface area (Å²) in [7, 11) is 0. The first-order chi connectivity index (χ1) is 5.71. The Balaban J connectivity index is 4.58. The molecule has 0 bridgehead atoms. The maximum Gasteiger partial charge on any atom is 0.377 e. The first-order valence-electron chi connectivity index (χ1n) is 3.96. The zero-order chi connectivity index (χ0) is 10.8. The molecule has 5 heteroatoms. The van der Waals surface area contributed by atoms with Gasteiger partial charge in [0.1, 0.15) is 0 Å². The van der Waals surface area contributed by atoms with Gasteiger partial charge in [-0.15, -0.1) is 0 Å². The van der Waals surface area contributed by atoms with Crippen molar-refractivity contribution in [1.82, 2.24) is 0 Å². The summed E-state index contributed by atoms with van der Waals surface area (Å²) in [6, 6.07) is 0. The molecule has 2 nitrogen and oxygen atoms in total. The largest absolute Gasteiger partial charge is 0.477 e. The van der Waals surface area contributed by atoms with E-state index < -0.39 is 24.0 Å². The van der Waals surface area contributed by atoms with Crippen LogP contribution in [0.5, 0.6) is 0 Å². The molecule has 0 spiro atoms. The van der Waals surface area contributed by atoms with Crippen molar-refractivity contribution in [2.45, 2.75) is 32.9 Å². The van der Waals surface area contributed by atoms with Gasteiger partial charge >= 0.3 is 11.9 Å². The van der Waals surface area contributed by atoms with Crippen LogP contribution in [0, 0.1) is 11.8 Å². The standard InChI is InChI=1S/C8H13F3O2/c1-4(2)5(3)6(9)8(10,11)7(12)13/h4-6H,1-3H3,(H,12,13). The molecule has 0 aliphatic rings. The van der Waals surface area contributed by atoms with Gasteiger partial charge in [0.15, 0.2) is 6.17 Å². The topological polar surface area (TPSA) is 37.3 Å². The molecule has 0 aromatic rings. The average Bonchev–Trinajstić information content (AvgIpc) is 2.01. The Kier molecular flexibility index (Phi) is 3.75. The van der Waals surface area contributed by atoms with Gasteiger partial charge in [-0.25, -0.2) is 9.18 Å². The number of halogens is 3. The summed E-state index contributed by atoms with van der Waals surface area (Å²) >= 11 is 0. The van der Waals surface area contributed by atoms with Crippen LogP contribution in [0.1, 0.15) is 20.8 Å². The molecule has 0 heterocycles. The monoisotopic (exact) mass is 198 g/mol. The van der Waals surface area contributed by atoms with E-state index in [2.05, 4.69) is 0 Å². The SMILES string of the molecule is CC(C)C(C)C(F)C(F)(F)C(=O)O. The Morgan fingerprint density at radius 1 is 1.31 bits per heavy atom. The number of hydrogen-bond acceptors (Lipinski definition) is 1. The predicted octanol–water partition coefficient (Wildman–Crippen LogP) is 2.34. The number of carboxylic acid groups (broad SMARTS) is 1. The maximum atomic E-state index is 12.9. The number of aliphatic carboxylic acids is 1. The van der Waals surface area contributed by atoms with Crippen LogP contribution >= 0.6 is 0 Å². The summed E-state index contributed by atoms with van der Waals surface area (Å²) < 4.78 is 38.1. The number of alkyl halides is 3. The van der Waals surface area contributed by atoms with Crippen LogP contribution in [0.4, 0.5) is 13.2 Å². The minimum absolute atomic E-state index is 0.319. The molecular formula is C8H13F3O2. The molecule has 0 rings (SSSR count). The number of hydrogen-bond donors (Lipinski definition) is 1. The third kappa shape index (κ3) is 2.60. The van der Waals surface area contributed by atoms with Crippen molar-refractivity contribution in [2.75, 3.05) is 0 Å². The van der Waals surface area contributed by atoms with Crippen LogP contribution in [-0.4, -0.2) is 23.2 Å². The number of rotatable bonds is 4. The van der Waals surface area contributed by atoms with Gasteiger partial charge < -0.3 is 5.11 Å². The molecule has 0 aliphatic heterocycles. The average molecular weight is 198 g/mol. The lowest BCUT2D eigenvalue weighted by Crippen LogP contribution is -2.43. The summed E-state index contributed by atoms with van der Waals surface area (Å²) in [5.41, 5.74) is 0. The Morgan fingerprint density at radius 2 is 1.69 bits per heavy atom. The third-order valence-electron chi connectivity index (χ3n) is 2.14. The first-order valence-corrected chi connectivity index (χ1v) is 3.96. The maximum absolute atomic E-state index is 12.9. The van der Waals surface area contributed by atoms with E-state index in [0.717, 1.165) is 0 Å². The fourth-order valence-corrected chi connectivity index (χ4v) is 0.786. The predicted molar refractivity (Wildman–Crippen MR) is 41.5 cm³/mol. The highest BCUT2D eigenvalue weighted by molar-refractivity contribution is 5.76. The van der Waals surface area contributed by atoms with Gasteiger partial charge in [0, 0.05) is 0 Å². The van der Waals surface area contributed by atoms with E-state index in [4.69, 9.17) is 5.11 Å². The second-order valence-corrected chi connectivity index (χ2v) is 3.43. The molecule has 0 saturated heterocycles. The lowest BCUT2D eigenvalue weighted by atomic mass is 9.90. The van der Waals surface area contributed by atoms with Crippen molar-refractivity contribution in [3.63, 3.8) is 0 Å². The van der Waals surface area contributed by atoms with Gasteiger partial charge in [-0.3, -0.25) is 0 Å². The normalized spacial score (nSPS) is 17.2.